The van der Waals surface area contributed by atoms with E-state index in [0.717, 1.165) is 6.61 Å². The highest BCUT2D eigenvalue weighted by Crippen LogP contribution is 2.17. The van der Waals surface area contributed by atoms with E-state index in [-0.39, 0.29) is 0 Å². The van der Waals surface area contributed by atoms with E-state index in [9.17, 15) is 0 Å². The quantitative estimate of drug-likeness (QED) is 0.775. The third kappa shape index (κ3) is 4.04. The first-order chi connectivity index (χ1) is 7.54. The van der Waals surface area contributed by atoms with Crippen molar-refractivity contribution in [2.45, 2.75) is 51.7 Å². The molecule has 3 heteroatoms. The van der Waals surface area contributed by atoms with Gasteiger partial charge in [-0.3, -0.25) is 0 Å². The summed E-state index contributed by atoms with van der Waals surface area (Å²) in [5, 5.41) is 3.76. The van der Waals surface area contributed by atoms with Crippen molar-refractivity contribution < 1.29 is 4.74 Å². The Morgan fingerprint density at radius 3 is 2.62 bits per heavy atom. The van der Waals surface area contributed by atoms with Crippen LogP contribution < -0.4 is 5.32 Å². The molecule has 0 aromatic carbocycles. The van der Waals surface area contributed by atoms with Gasteiger partial charge in [-0.15, -0.1) is 0 Å². The number of hydrogen-bond donors (Lipinski definition) is 1. The Bertz CT molecular complexity index is 196. The summed E-state index contributed by atoms with van der Waals surface area (Å²) < 4.78 is 5.28. The molecular formula is C13H28N2O. The second-order valence-electron chi connectivity index (χ2n) is 5.52. The van der Waals surface area contributed by atoms with E-state index < -0.39 is 0 Å². The highest BCUT2D eigenvalue weighted by molar-refractivity contribution is 4.84. The van der Waals surface area contributed by atoms with Crippen LogP contribution in [0.3, 0.4) is 0 Å². The molecule has 1 aliphatic heterocycles. The first-order valence-corrected chi connectivity index (χ1v) is 6.49. The number of hydrogen-bond acceptors (Lipinski definition) is 3. The predicted octanol–water partition coefficient (Wildman–Crippen LogP) is 1.73. The van der Waals surface area contributed by atoms with Gasteiger partial charge in [-0.05, 0) is 39.3 Å². The Labute approximate surface area is 101 Å². The SMILES string of the molecule is COCC(NC1CCN(C)C(C)C1)C(C)C. The summed E-state index contributed by atoms with van der Waals surface area (Å²) in [5.41, 5.74) is 0. The van der Waals surface area contributed by atoms with Crippen molar-refractivity contribution in [3.8, 4) is 0 Å². The van der Waals surface area contributed by atoms with E-state index in [2.05, 4.69) is 38.0 Å². The lowest BCUT2D eigenvalue weighted by molar-refractivity contribution is 0.115. The maximum Gasteiger partial charge on any atom is 0.0618 e. The molecule has 1 saturated heterocycles. The minimum atomic E-state index is 0.491. The van der Waals surface area contributed by atoms with Gasteiger partial charge in [0.15, 0.2) is 0 Å². The number of piperidine rings is 1. The van der Waals surface area contributed by atoms with Crippen LogP contribution in [0.5, 0.6) is 0 Å². The van der Waals surface area contributed by atoms with E-state index in [1.807, 2.05) is 0 Å². The summed E-state index contributed by atoms with van der Waals surface area (Å²) in [6, 6.07) is 1.85. The van der Waals surface area contributed by atoms with Gasteiger partial charge < -0.3 is 15.0 Å². The van der Waals surface area contributed by atoms with Crippen molar-refractivity contribution in [3.63, 3.8) is 0 Å². The Hall–Kier alpha value is -0.120. The van der Waals surface area contributed by atoms with Gasteiger partial charge in [-0.1, -0.05) is 13.8 Å². The summed E-state index contributed by atoms with van der Waals surface area (Å²) >= 11 is 0. The van der Waals surface area contributed by atoms with Gasteiger partial charge >= 0.3 is 0 Å². The molecule has 3 atom stereocenters. The van der Waals surface area contributed by atoms with E-state index in [0.29, 0.717) is 24.0 Å². The molecule has 1 N–H and O–H groups in total. The summed E-state index contributed by atoms with van der Waals surface area (Å²) in [4.78, 5) is 2.44. The van der Waals surface area contributed by atoms with Crippen molar-refractivity contribution in [2.24, 2.45) is 5.92 Å². The number of nitrogens with one attached hydrogen (secondary N) is 1. The molecule has 1 rings (SSSR count). The van der Waals surface area contributed by atoms with Crippen LogP contribution in [0.1, 0.15) is 33.6 Å². The van der Waals surface area contributed by atoms with Gasteiger partial charge in [-0.2, -0.15) is 0 Å². The molecule has 3 nitrogen and oxygen atoms in total. The molecule has 0 aromatic heterocycles. The average molecular weight is 228 g/mol. The second kappa shape index (κ2) is 6.58. The van der Waals surface area contributed by atoms with Crippen LogP contribution in [0, 0.1) is 5.92 Å². The molecule has 1 heterocycles. The molecule has 0 saturated carbocycles. The van der Waals surface area contributed by atoms with E-state index >= 15 is 0 Å². The largest absolute Gasteiger partial charge is 0.383 e. The zero-order chi connectivity index (χ0) is 12.1. The highest BCUT2D eigenvalue weighted by Gasteiger charge is 2.25. The second-order valence-corrected chi connectivity index (χ2v) is 5.52. The van der Waals surface area contributed by atoms with Crippen molar-refractivity contribution in [1.82, 2.24) is 10.2 Å². The summed E-state index contributed by atoms with van der Waals surface area (Å²) in [7, 11) is 4.00. The number of methoxy groups -OCH3 is 1. The molecule has 0 radical (unpaired) electrons. The van der Waals surface area contributed by atoms with Crippen LogP contribution in [-0.4, -0.2) is 50.3 Å². The summed E-state index contributed by atoms with van der Waals surface area (Å²) in [5.74, 6) is 0.634. The van der Waals surface area contributed by atoms with Crippen LogP contribution in [0.25, 0.3) is 0 Å². The molecular weight excluding hydrogens is 200 g/mol. The van der Waals surface area contributed by atoms with Crippen LogP contribution in [0.2, 0.25) is 0 Å². The van der Waals surface area contributed by atoms with Gasteiger partial charge in [0.1, 0.15) is 0 Å². The van der Waals surface area contributed by atoms with Gasteiger partial charge in [0.05, 0.1) is 6.61 Å². The predicted molar refractivity (Wildman–Crippen MR) is 68.8 cm³/mol. The lowest BCUT2D eigenvalue weighted by Crippen LogP contribution is -2.51. The molecule has 0 aromatic rings. The van der Waals surface area contributed by atoms with Crippen molar-refractivity contribution in [2.75, 3.05) is 27.3 Å². The maximum absolute atomic E-state index is 5.28. The first-order valence-electron chi connectivity index (χ1n) is 6.49. The van der Waals surface area contributed by atoms with Crippen LogP contribution in [-0.2, 0) is 4.74 Å². The standard InChI is InChI=1S/C13H28N2O/c1-10(2)13(9-16-5)14-12-6-7-15(4)11(3)8-12/h10-14H,6-9H2,1-5H3. The molecule has 96 valence electrons. The summed E-state index contributed by atoms with van der Waals surface area (Å²) in [6.07, 6.45) is 2.51. The fourth-order valence-corrected chi connectivity index (χ4v) is 2.36. The van der Waals surface area contributed by atoms with Crippen molar-refractivity contribution in [1.29, 1.82) is 0 Å². The monoisotopic (exact) mass is 228 g/mol. The van der Waals surface area contributed by atoms with Gasteiger partial charge in [-0.25, -0.2) is 0 Å². The number of ether oxygens (including phenoxy) is 1. The zero-order valence-corrected chi connectivity index (χ0v) is 11.5. The van der Waals surface area contributed by atoms with Gasteiger partial charge in [0, 0.05) is 25.2 Å². The van der Waals surface area contributed by atoms with E-state index in [4.69, 9.17) is 4.74 Å². The van der Waals surface area contributed by atoms with Crippen molar-refractivity contribution >= 4 is 0 Å². The third-order valence-electron chi connectivity index (χ3n) is 3.81. The molecule has 16 heavy (non-hydrogen) atoms. The Kier molecular flexibility index (Phi) is 5.73. The number of rotatable bonds is 5. The molecule has 3 unspecified atom stereocenters. The van der Waals surface area contributed by atoms with Gasteiger partial charge in [0.25, 0.3) is 0 Å². The molecule has 1 fully saturated rings. The molecule has 0 bridgehead atoms. The average Bonchev–Trinajstić information content (AvgIpc) is 2.22. The lowest BCUT2D eigenvalue weighted by Gasteiger charge is -2.38. The summed E-state index contributed by atoms with van der Waals surface area (Å²) in [6.45, 7) is 8.85. The topological polar surface area (TPSA) is 24.5 Å². The Morgan fingerprint density at radius 2 is 2.12 bits per heavy atom. The minimum absolute atomic E-state index is 0.491. The van der Waals surface area contributed by atoms with E-state index in [1.165, 1.54) is 19.4 Å². The molecule has 0 spiro atoms. The maximum atomic E-state index is 5.28. The first kappa shape index (κ1) is 13.9. The smallest absolute Gasteiger partial charge is 0.0618 e. The number of likely N-dealkylation sites (tertiary alicyclic amines) is 1. The molecule has 1 aliphatic rings. The molecule has 0 amide bonds. The van der Waals surface area contributed by atoms with Crippen LogP contribution in [0.15, 0.2) is 0 Å². The van der Waals surface area contributed by atoms with Gasteiger partial charge in [0.2, 0.25) is 0 Å². The minimum Gasteiger partial charge on any atom is -0.383 e. The van der Waals surface area contributed by atoms with E-state index in [1.54, 1.807) is 7.11 Å². The van der Waals surface area contributed by atoms with Crippen molar-refractivity contribution in [3.05, 3.63) is 0 Å². The number of nitrogens with zero attached hydrogens (tertiary/aromatic N) is 1. The molecule has 0 aliphatic carbocycles. The third-order valence-corrected chi connectivity index (χ3v) is 3.81. The lowest BCUT2D eigenvalue weighted by atomic mass is 9.96. The Morgan fingerprint density at radius 1 is 1.44 bits per heavy atom. The van der Waals surface area contributed by atoms with Crippen LogP contribution >= 0.6 is 0 Å². The fraction of sp³-hybridized carbons (Fsp3) is 1.00. The zero-order valence-electron chi connectivity index (χ0n) is 11.5. The highest BCUT2D eigenvalue weighted by atomic mass is 16.5. The fourth-order valence-electron chi connectivity index (χ4n) is 2.36. The normalized spacial score (nSPS) is 29.6. The Balaban J connectivity index is 2.40. The van der Waals surface area contributed by atoms with Crippen LogP contribution in [0.4, 0.5) is 0 Å².